The smallest absolute Gasteiger partial charge is 0.265 e. The van der Waals surface area contributed by atoms with Crippen LogP contribution < -0.4 is 21.4 Å². The predicted molar refractivity (Wildman–Crippen MR) is 104 cm³/mol. The van der Waals surface area contributed by atoms with Crippen molar-refractivity contribution in [1.29, 1.82) is 0 Å². The lowest BCUT2D eigenvalue weighted by atomic mass is 9.87. The molecule has 1 saturated heterocycles. The first-order valence-corrected chi connectivity index (χ1v) is 9.41. The highest BCUT2D eigenvalue weighted by molar-refractivity contribution is 5.92. The molecule has 2 aromatic heterocycles. The van der Waals surface area contributed by atoms with E-state index in [2.05, 4.69) is 25.2 Å². The molecular weight excluding hydrogens is 362 g/mol. The third-order valence-electron chi connectivity index (χ3n) is 5.18. The van der Waals surface area contributed by atoms with Gasteiger partial charge in [0.15, 0.2) is 0 Å². The van der Waals surface area contributed by atoms with Gasteiger partial charge in [-0.1, -0.05) is 13.8 Å². The quantitative estimate of drug-likeness (QED) is 0.352. The molecule has 1 atom stereocenters. The zero-order chi connectivity index (χ0) is 20.3. The van der Waals surface area contributed by atoms with Gasteiger partial charge in [0.05, 0.1) is 10.9 Å². The van der Waals surface area contributed by atoms with Crippen molar-refractivity contribution in [3.8, 4) is 0 Å². The zero-order valence-electron chi connectivity index (χ0n) is 16.1. The Bertz CT molecular complexity index is 843. The summed E-state index contributed by atoms with van der Waals surface area (Å²) in [5, 5.41) is 12.6. The number of aromatic nitrogens is 3. The monoisotopic (exact) mass is 389 g/mol. The molecule has 1 fully saturated rings. The van der Waals surface area contributed by atoms with Crippen molar-refractivity contribution in [2.45, 2.75) is 44.7 Å². The fourth-order valence-corrected chi connectivity index (χ4v) is 3.54. The van der Waals surface area contributed by atoms with E-state index in [1.807, 2.05) is 26.1 Å². The second kappa shape index (κ2) is 8.11. The number of aromatic amines is 1. The molecule has 0 radical (unpaired) electrons. The Kier molecular flexibility index (Phi) is 5.80. The van der Waals surface area contributed by atoms with Crippen molar-refractivity contribution in [3.05, 3.63) is 18.6 Å². The molecule has 10 heteroatoms. The van der Waals surface area contributed by atoms with E-state index < -0.39 is 17.5 Å². The molecule has 3 heterocycles. The molecule has 28 heavy (non-hydrogen) atoms. The lowest BCUT2D eigenvalue weighted by Crippen LogP contribution is -2.62. The maximum Gasteiger partial charge on any atom is 0.265 e. The Morgan fingerprint density at radius 2 is 2.07 bits per heavy atom. The number of hydrogen-bond acceptors (Lipinski definition) is 7. The summed E-state index contributed by atoms with van der Waals surface area (Å²) in [6.45, 7) is 4.98. The molecule has 3 rings (SSSR count). The lowest BCUT2D eigenvalue weighted by molar-refractivity contribution is -0.137. The number of nitrogens with zero attached hydrogens (tertiary/aromatic N) is 3. The number of rotatable bonds is 6. The number of carbonyl (C=O) groups excluding carboxylic acids is 2. The van der Waals surface area contributed by atoms with Gasteiger partial charge < -0.3 is 20.9 Å². The van der Waals surface area contributed by atoms with Crippen LogP contribution in [-0.4, -0.2) is 56.6 Å². The van der Waals surface area contributed by atoms with Crippen molar-refractivity contribution in [3.63, 3.8) is 0 Å². The van der Waals surface area contributed by atoms with Gasteiger partial charge in [-0.3, -0.25) is 14.8 Å². The summed E-state index contributed by atoms with van der Waals surface area (Å²) in [5.74, 6) is -0.0412. The van der Waals surface area contributed by atoms with Gasteiger partial charge in [0.2, 0.25) is 5.91 Å². The van der Waals surface area contributed by atoms with Crippen LogP contribution in [0.15, 0.2) is 18.6 Å². The van der Waals surface area contributed by atoms with Gasteiger partial charge in [-0.15, -0.1) is 0 Å². The molecule has 10 nitrogen and oxygen atoms in total. The summed E-state index contributed by atoms with van der Waals surface area (Å²) in [5.41, 5.74) is 7.68. The molecule has 0 bridgehead atoms. The number of fused-ring (bicyclic) bond motifs is 1. The van der Waals surface area contributed by atoms with E-state index in [0.717, 1.165) is 16.9 Å². The molecule has 2 amide bonds. The highest BCUT2D eigenvalue weighted by atomic mass is 16.5. The first-order valence-electron chi connectivity index (χ1n) is 9.41. The van der Waals surface area contributed by atoms with E-state index >= 15 is 0 Å². The topological polar surface area (TPSA) is 149 Å². The SMILES string of the molecule is CC(C)C[C@H](NC(=O)C1(N)CCN(c2ncnc3[nH]ccc23)CC1)C(=O)NO. The van der Waals surface area contributed by atoms with Crippen LogP contribution in [0.5, 0.6) is 0 Å². The van der Waals surface area contributed by atoms with Crippen molar-refractivity contribution >= 4 is 28.7 Å². The Hall–Kier alpha value is -2.72. The minimum atomic E-state index is -1.08. The highest BCUT2D eigenvalue weighted by Gasteiger charge is 2.40. The van der Waals surface area contributed by atoms with Crippen molar-refractivity contribution < 1.29 is 14.8 Å². The zero-order valence-corrected chi connectivity index (χ0v) is 16.1. The number of nitrogens with two attached hydrogens (primary N) is 1. The molecule has 152 valence electrons. The average molecular weight is 389 g/mol. The van der Waals surface area contributed by atoms with Gasteiger partial charge in [0, 0.05) is 19.3 Å². The van der Waals surface area contributed by atoms with E-state index in [0.29, 0.717) is 32.4 Å². The van der Waals surface area contributed by atoms with E-state index in [4.69, 9.17) is 10.9 Å². The summed E-state index contributed by atoms with van der Waals surface area (Å²) in [6.07, 6.45) is 4.57. The van der Waals surface area contributed by atoms with E-state index in [9.17, 15) is 9.59 Å². The Labute approximate surface area is 162 Å². The number of H-pyrrole nitrogens is 1. The van der Waals surface area contributed by atoms with Crippen LogP contribution in [0.1, 0.15) is 33.1 Å². The predicted octanol–water partition coefficient (Wildman–Crippen LogP) is 0.292. The minimum absolute atomic E-state index is 0.166. The molecule has 2 aromatic rings. The molecule has 0 unspecified atom stereocenters. The third kappa shape index (κ3) is 4.07. The van der Waals surface area contributed by atoms with E-state index in [1.54, 1.807) is 5.48 Å². The molecule has 0 spiro atoms. The largest absolute Gasteiger partial charge is 0.356 e. The van der Waals surface area contributed by atoms with E-state index in [1.165, 1.54) is 6.33 Å². The van der Waals surface area contributed by atoms with Crippen LogP contribution in [0.25, 0.3) is 11.0 Å². The van der Waals surface area contributed by atoms with Gasteiger partial charge >= 0.3 is 0 Å². The third-order valence-corrected chi connectivity index (χ3v) is 5.18. The number of hydroxylamine groups is 1. The average Bonchev–Trinajstić information content (AvgIpc) is 3.16. The second-order valence-electron chi connectivity index (χ2n) is 7.71. The van der Waals surface area contributed by atoms with Crippen molar-refractivity contribution in [2.75, 3.05) is 18.0 Å². The summed E-state index contributed by atoms with van der Waals surface area (Å²) in [6, 6.07) is 1.10. The molecule has 6 N–H and O–H groups in total. The van der Waals surface area contributed by atoms with Crippen LogP contribution in [0.4, 0.5) is 5.82 Å². The lowest BCUT2D eigenvalue weighted by Gasteiger charge is -2.39. The van der Waals surface area contributed by atoms with Crippen LogP contribution in [-0.2, 0) is 9.59 Å². The van der Waals surface area contributed by atoms with Crippen LogP contribution in [0, 0.1) is 5.92 Å². The minimum Gasteiger partial charge on any atom is -0.356 e. The van der Waals surface area contributed by atoms with Gasteiger partial charge in [-0.05, 0) is 31.2 Å². The van der Waals surface area contributed by atoms with Crippen LogP contribution in [0.3, 0.4) is 0 Å². The van der Waals surface area contributed by atoms with Crippen LogP contribution in [0.2, 0.25) is 0 Å². The van der Waals surface area contributed by atoms with Crippen LogP contribution >= 0.6 is 0 Å². The first-order chi connectivity index (χ1) is 13.3. The van der Waals surface area contributed by atoms with Crippen molar-refractivity contribution in [2.24, 2.45) is 11.7 Å². The molecule has 1 aliphatic heterocycles. The Morgan fingerprint density at radius 1 is 1.36 bits per heavy atom. The van der Waals surface area contributed by atoms with Gasteiger partial charge in [0.1, 0.15) is 23.8 Å². The number of nitrogens with one attached hydrogen (secondary N) is 3. The second-order valence-corrected chi connectivity index (χ2v) is 7.71. The molecule has 0 aromatic carbocycles. The fraction of sp³-hybridized carbons (Fsp3) is 0.556. The number of carbonyl (C=O) groups is 2. The maximum atomic E-state index is 12.8. The summed E-state index contributed by atoms with van der Waals surface area (Å²) >= 11 is 0. The summed E-state index contributed by atoms with van der Waals surface area (Å²) < 4.78 is 0. The normalized spacial score (nSPS) is 17.5. The molecule has 1 aliphatic rings. The van der Waals surface area contributed by atoms with E-state index in [-0.39, 0.29) is 11.8 Å². The molecule has 0 aliphatic carbocycles. The summed E-state index contributed by atoms with van der Waals surface area (Å²) in [4.78, 5) is 38.4. The van der Waals surface area contributed by atoms with Crippen molar-refractivity contribution in [1.82, 2.24) is 25.7 Å². The summed E-state index contributed by atoms with van der Waals surface area (Å²) in [7, 11) is 0. The molecule has 0 saturated carbocycles. The number of hydrogen-bond donors (Lipinski definition) is 5. The van der Waals surface area contributed by atoms with Gasteiger partial charge in [0.25, 0.3) is 5.91 Å². The number of anilines is 1. The fourth-order valence-electron chi connectivity index (χ4n) is 3.54. The standard InChI is InChI=1S/C18H27N7O3/c1-11(2)9-13(16(26)24-28)23-17(27)18(19)4-7-25(8-5-18)15-12-3-6-20-14(12)21-10-22-15/h3,6,10-11,13,28H,4-5,7-9,19H2,1-2H3,(H,23,27)(H,24,26)(H,20,21,22)/t13-/m0/s1. The van der Waals surface area contributed by atoms with Gasteiger partial charge in [-0.2, -0.15) is 0 Å². The molecular formula is C18H27N7O3. The Morgan fingerprint density at radius 3 is 2.71 bits per heavy atom. The van der Waals surface area contributed by atoms with Gasteiger partial charge in [-0.25, -0.2) is 15.4 Å². The number of piperidine rings is 1. The first kappa shape index (κ1) is 20.0. The number of amides is 2. The highest BCUT2D eigenvalue weighted by Crippen LogP contribution is 2.28. The Balaban J connectivity index is 1.67. The maximum absolute atomic E-state index is 12.8.